The van der Waals surface area contributed by atoms with Crippen LogP contribution in [0.5, 0.6) is 0 Å². The van der Waals surface area contributed by atoms with Crippen molar-refractivity contribution in [1.29, 1.82) is 0 Å². The van der Waals surface area contributed by atoms with Crippen LogP contribution in [0.1, 0.15) is 21.6 Å². The molecule has 2 heterocycles. The molecule has 0 bridgehead atoms. The van der Waals surface area contributed by atoms with Crippen LogP contribution in [0.3, 0.4) is 0 Å². The van der Waals surface area contributed by atoms with Gasteiger partial charge >= 0.3 is 12.1 Å². The minimum absolute atomic E-state index is 0.0931. The van der Waals surface area contributed by atoms with Crippen molar-refractivity contribution in [3.63, 3.8) is 0 Å². The highest BCUT2D eigenvalue weighted by atomic mass is 19.4. The molecule has 0 aromatic carbocycles. The topological polar surface area (TPSA) is 105 Å². The minimum atomic E-state index is -4.82. The third kappa shape index (κ3) is 2.37. The molecule has 0 unspecified atom stereocenters. The summed E-state index contributed by atoms with van der Waals surface area (Å²) >= 11 is 0. The highest BCUT2D eigenvalue weighted by molar-refractivity contribution is 5.88. The van der Waals surface area contributed by atoms with Crippen molar-refractivity contribution in [2.45, 2.75) is 12.6 Å². The van der Waals surface area contributed by atoms with E-state index in [1.165, 1.54) is 0 Å². The van der Waals surface area contributed by atoms with Crippen molar-refractivity contribution in [1.82, 2.24) is 4.98 Å². The summed E-state index contributed by atoms with van der Waals surface area (Å²) in [5.41, 5.74) is -3.15. The maximum absolute atomic E-state index is 13.1. The first-order chi connectivity index (χ1) is 10.7. The zero-order valence-electron chi connectivity index (χ0n) is 11.1. The number of fused-ring (bicyclic) bond motifs is 2. The quantitative estimate of drug-likeness (QED) is 0.757. The Morgan fingerprint density at radius 3 is 2.74 bits per heavy atom. The smallest absolute Gasteiger partial charge is 0.422 e. The predicted molar refractivity (Wildman–Crippen MR) is 69.6 cm³/mol. The van der Waals surface area contributed by atoms with Crippen molar-refractivity contribution in [2.24, 2.45) is 0 Å². The van der Waals surface area contributed by atoms with Gasteiger partial charge in [0.05, 0.1) is 5.76 Å². The number of hydrogen-bond acceptors (Lipinski definition) is 4. The van der Waals surface area contributed by atoms with Gasteiger partial charge in [0.15, 0.2) is 5.43 Å². The van der Waals surface area contributed by atoms with E-state index in [-0.39, 0.29) is 28.1 Å². The van der Waals surface area contributed by atoms with Gasteiger partial charge in [0.25, 0.3) is 0 Å². The standard InChI is InChI=1S/C13H7F3N2O5/c14-13(15,16)8-4-18(22)23-10-2-9-6(1-5(8)10)11(19)7(3-17-9)12(20)21/h2-4H,1H2,(H,17,19)(H,20,21). The lowest BCUT2D eigenvalue weighted by Gasteiger charge is -2.26. The molecule has 0 radical (unpaired) electrons. The molecular weight excluding hydrogens is 321 g/mol. The van der Waals surface area contributed by atoms with Crippen molar-refractivity contribution in [3.8, 4) is 0 Å². The van der Waals surface area contributed by atoms with Crippen LogP contribution >= 0.6 is 0 Å². The Balaban J connectivity index is 2.24. The first-order valence-electron chi connectivity index (χ1n) is 6.18. The van der Waals surface area contributed by atoms with Gasteiger partial charge < -0.3 is 14.9 Å². The van der Waals surface area contributed by atoms with E-state index in [0.717, 1.165) is 12.3 Å². The van der Waals surface area contributed by atoms with Crippen LogP contribution in [0.2, 0.25) is 0 Å². The van der Waals surface area contributed by atoms with Crippen LogP contribution < -0.4 is 5.43 Å². The number of carboxylic acid groups (broad SMARTS) is 1. The predicted octanol–water partition coefficient (Wildman–Crippen LogP) is 1.36. The molecule has 0 atom stereocenters. The van der Waals surface area contributed by atoms with Gasteiger partial charge in [-0.15, -0.1) is 0 Å². The average molecular weight is 328 g/mol. The third-order valence-corrected chi connectivity index (χ3v) is 3.43. The first kappa shape index (κ1) is 14.9. The molecule has 7 nitrogen and oxygen atoms in total. The summed E-state index contributed by atoms with van der Waals surface area (Å²) in [4.78, 5) is 29.9. The number of pyridine rings is 1. The molecule has 3 rings (SSSR count). The molecule has 1 aliphatic heterocycles. The number of nitrogens with one attached hydrogen (secondary N) is 1. The summed E-state index contributed by atoms with van der Waals surface area (Å²) in [6.07, 6.45) is -3.10. The molecule has 0 fully saturated rings. The fourth-order valence-electron chi connectivity index (χ4n) is 2.39. The number of alkyl halides is 3. The number of aromatic amines is 1. The molecule has 0 saturated heterocycles. The Bertz CT molecular complexity index is 877. The Labute approximate surface area is 125 Å². The number of aromatic carboxylic acids is 1. The van der Waals surface area contributed by atoms with Crippen LogP contribution in [-0.2, 0) is 11.3 Å². The highest BCUT2D eigenvalue weighted by Gasteiger charge is 2.42. The molecule has 0 amide bonds. The second-order valence-corrected chi connectivity index (χ2v) is 4.81. The number of carboxylic acids is 1. The Kier molecular flexibility index (Phi) is 3.06. The minimum Gasteiger partial charge on any atom is -0.477 e. The van der Waals surface area contributed by atoms with Gasteiger partial charge in [-0.25, -0.2) is 4.79 Å². The lowest BCUT2D eigenvalue weighted by atomic mass is 9.90. The summed E-state index contributed by atoms with van der Waals surface area (Å²) in [6.45, 7) is 0. The molecular formula is C13H7F3N2O5. The zero-order chi connectivity index (χ0) is 16.9. The first-order valence-corrected chi connectivity index (χ1v) is 6.18. The lowest BCUT2D eigenvalue weighted by molar-refractivity contribution is -0.723. The van der Waals surface area contributed by atoms with Crippen LogP contribution in [0.4, 0.5) is 13.2 Å². The van der Waals surface area contributed by atoms with E-state index < -0.39 is 40.7 Å². The second kappa shape index (κ2) is 4.73. The molecule has 120 valence electrons. The van der Waals surface area contributed by atoms with E-state index >= 15 is 0 Å². The zero-order valence-corrected chi connectivity index (χ0v) is 11.1. The monoisotopic (exact) mass is 328 g/mol. The van der Waals surface area contributed by atoms with Gasteiger partial charge in [-0.1, -0.05) is 0 Å². The summed E-state index contributed by atoms with van der Waals surface area (Å²) in [5, 5.41) is 20.1. The maximum Gasteiger partial charge on any atom is 0.422 e. The van der Waals surface area contributed by atoms with E-state index in [9.17, 15) is 28.0 Å². The number of H-pyrrole nitrogens is 1. The van der Waals surface area contributed by atoms with E-state index in [4.69, 9.17) is 5.11 Å². The van der Waals surface area contributed by atoms with Gasteiger partial charge in [0.1, 0.15) is 11.1 Å². The molecule has 1 aromatic heterocycles. The van der Waals surface area contributed by atoms with Crippen molar-refractivity contribution in [2.75, 3.05) is 0 Å². The van der Waals surface area contributed by atoms with Gasteiger partial charge in [-0.3, -0.25) is 10.0 Å². The number of hydrogen-bond donors (Lipinski definition) is 2. The van der Waals surface area contributed by atoms with Gasteiger partial charge in [0, 0.05) is 28.8 Å². The highest BCUT2D eigenvalue weighted by Crippen LogP contribution is 2.37. The number of nitrogens with zero attached hydrogens (tertiary/aromatic N) is 1. The van der Waals surface area contributed by atoms with Crippen molar-refractivity contribution in [3.05, 3.63) is 55.4 Å². The third-order valence-electron chi connectivity index (χ3n) is 3.43. The number of allylic oxidation sites excluding steroid dienone is 2. The van der Waals surface area contributed by atoms with Crippen LogP contribution in [-0.4, -0.2) is 33.4 Å². The SMILES string of the molecule is O=C(O)c1c[nH]c2c(c1=O)CC1=C(C(F)(F)F)C=[N+]([O-])OC1=C2. The Hall–Kier alpha value is -3.04. The van der Waals surface area contributed by atoms with Gasteiger partial charge in [0.2, 0.25) is 6.21 Å². The lowest BCUT2D eigenvalue weighted by Crippen LogP contribution is -2.30. The van der Waals surface area contributed by atoms with E-state index in [2.05, 4.69) is 9.82 Å². The van der Waals surface area contributed by atoms with Gasteiger partial charge in [-0.2, -0.15) is 13.2 Å². The summed E-state index contributed by atoms with van der Waals surface area (Å²) in [5.74, 6) is -1.84. The fourth-order valence-corrected chi connectivity index (χ4v) is 2.39. The van der Waals surface area contributed by atoms with E-state index in [1.54, 1.807) is 0 Å². The normalized spacial score (nSPS) is 16.8. The van der Waals surface area contributed by atoms with E-state index in [0.29, 0.717) is 0 Å². The van der Waals surface area contributed by atoms with Crippen molar-refractivity contribution >= 4 is 18.3 Å². The fraction of sp³-hybridized carbons (Fsp3) is 0.154. The summed E-state index contributed by atoms with van der Waals surface area (Å²) in [6, 6.07) is 0. The van der Waals surface area contributed by atoms with Gasteiger partial charge in [-0.05, 0) is 11.6 Å². The molecule has 0 spiro atoms. The Morgan fingerprint density at radius 1 is 1.43 bits per heavy atom. The number of carbonyl (C=O) groups is 1. The number of rotatable bonds is 1. The van der Waals surface area contributed by atoms with Crippen molar-refractivity contribution < 1.29 is 32.8 Å². The summed E-state index contributed by atoms with van der Waals surface area (Å²) in [7, 11) is 0. The second-order valence-electron chi connectivity index (χ2n) is 4.81. The number of aromatic nitrogens is 1. The Morgan fingerprint density at radius 2 is 2.13 bits per heavy atom. The number of halogens is 3. The molecule has 23 heavy (non-hydrogen) atoms. The molecule has 10 heteroatoms. The largest absolute Gasteiger partial charge is 0.477 e. The van der Waals surface area contributed by atoms with E-state index in [1.807, 2.05) is 0 Å². The molecule has 2 aliphatic rings. The van der Waals surface area contributed by atoms with Crippen LogP contribution in [0.15, 0.2) is 27.9 Å². The average Bonchev–Trinajstić information content (AvgIpc) is 2.43. The molecule has 1 aromatic rings. The van der Waals surface area contributed by atoms with Crippen LogP contribution in [0, 0.1) is 5.21 Å². The maximum atomic E-state index is 13.1. The van der Waals surface area contributed by atoms with Crippen LogP contribution in [0.25, 0.3) is 6.08 Å². The molecule has 2 N–H and O–H groups in total. The molecule has 1 aliphatic carbocycles. The summed E-state index contributed by atoms with van der Waals surface area (Å²) < 4.78 is 39.2. The molecule has 0 saturated carbocycles.